The molecule has 1 amide bonds. The van der Waals surface area contributed by atoms with Gasteiger partial charge in [-0.3, -0.25) is 4.79 Å². The maximum Gasteiger partial charge on any atom is 0.256 e. The third-order valence-electron chi connectivity index (χ3n) is 4.73. The molecule has 0 bridgehead atoms. The molecular formula is C24H20N2O3S. The van der Waals surface area contributed by atoms with Gasteiger partial charge in [-0.2, -0.15) is 5.26 Å². The third-order valence-corrected chi connectivity index (χ3v) is 5.88. The number of hydrogen-bond acceptors (Lipinski definition) is 5. The average molecular weight is 417 g/mol. The van der Waals surface area contributed by atoms with E-state index in [-0.39, 0.29) is 12.7 Å². The molecule has 1 aliphatic rings. The van der Waals surface area contributed by atoms with Crippen molar-refractivity contribution in [2.24, 2.45) is 0 Å². The van der Waals surface area contributed by atoms with E-state index < -0.39 is 0 Å². The lowest BCUT2D eigenvalue weighted by atomic mass is 10.1. The van der Waals surface area contributed by atoms with Gasteiger partial charge in [-0.05, 0) is 42.3 Å². The highest BCUT2D eigenvalue weighted by Gasteiger charge is 2.20. The lowest BCUT2D eigenvalue weighted by Crippen LogP contribution is -2.14. The number of benzene rings is 3. The summed E-state index contributed by atoms with van der Waals surface area (Å²) in [5.74, 6) is 1.14. The van der Waals surface area contributed by atoms with Crippen molar-refractivity contribution < 1.29 is 14.3 Å². The van der Waals surface area contributed by atoms with E-state index in [4.69, 9.17) is 9.47 Å². The normalized spacial score (nSPS) is 11.7. The summed E-state index contributed by atoms with van der Waals surface area (Å²) in [6.45, 7) is 2.28. The maximum atomic E-state index is 13.2. The molecule has 5 nitrogen and oxygen atoms in total. The number of nitriles is 1. The summed E-state index contributed by atoms with van der Waals surface area (Å²) in [5, 5.41) is 12.4. The van der Waals surface area contributed by atoms with Gasteiger partial charge in [0, 0.05) is 21.5 Å². The number of carbonyl (C=O) groups is 1. The van der Waals surface area contributed by atoms with E-state index in [1.54, 1.807) is 12.1 Å². The van der Waals surface area contributed by atoms with Gasteiger partial charge in [-0.15, -0.1) is 0 Å². The molecule has 30 heavy (non-hydrogen) atoms. The van der Waals surface area contributed by atoms with Gasteiger partial charge in [-0.1, -0.05) is 49.4 Å². The molecule has 0 aliphatic carbocycles. The Hall–Kier alpha value is -3.43. The Kier molecular flexibility index (Phi) is 5.92. The number of hydrogen-bond donors (Lipinski definition) is 1. The summed E-state index contributed by atoms with van der Waals surface area (Å²) >= 11 is 1.41. The largest absolute Gasteiger partial charge is 0.454 e. The third kappa shape index (κ3) is 4.12. The number of nitrogens with zero attached hydrogens (tertiary/aromatic N) is 1. The lowest BCUT2D eigenvalue weighted by Gasteiger charge is -2.14. The molecule has 3 aromatic carbocycles. The molecule has 0 aromatic heterocycles. The highest BCUT2D eigenvalue weighted by Crippen LogP contribution is 2.38. The number of nitrogens with one attached hydrogen (secondary N) is 1. The molecular weight excluding hydrogens is 396 g/mol. The average Bonchev–Trinajstić information content (AvgIpc) is 3.22. The van der Waals surface area contributed by atoms with Crippen LogP contribution in [0.4, 0.5) is 5.69 Å². The number of rotatable bonds is 6. The number of aryl methyl sites for hydroxylation is 1. The van der Waals surface area contributed by atoms with Gasteiger partial charge in [0.1, 0.15) is 6.07 Å². The second-order valence-electron chi connectivity index (χ2n) is 6.77. The highest BCUT2D eigenvalue weighted by molar-refractivity contribution is 7.99. The van der Waals surface area contributed by atoms with Gasteiger partial charge in [0.25, 0.3) is 5.91 Å². The van der Waals surface area contributed by atoms with Gasteiger partial charge in [-0.25, -0.2) is 0 Å². The zero-order chi connectivity index (χ0) is 20.9. The van der Waals surface area contributed by atoms with Crippen molar-refractivity contribution in [3.05, 3.63) is 77.4 Å². The van der Waals surface area contributed by atoms with Crippen molar-refractivity contribution in [3.63, 3.8) is 0 Å². The summed E-state index contributed by atoms with van der Waals surface area (Å²) in [4.78, 5) is 14.8. The molecule has 6 heteroatoms. The van der Waals surface area contributed by atoms with Crippen LogP contribution in [0, 0.1) is 11.3 Å². The van der Waals surface area contributed by atoms with E-state index in [0.29, 0.717) is 22.6 Å². The zero-order valence-electron chi connectivity index (χ0n) is 16.5. The van der Waals surface area contributed by atoms with Crippen LogP contribution in [-0.2, 0) is 6.42 Å². The van der Waals surface area contributed by atoms with E-state index in [1.165, 1.54) is 11.8 Å². The molecule has 0 saturated carbocycles. The van der Waals surface area contributed by atoms with Crippen LogP contribution >= 0.6 is 11.8 Å². The fourth-order valence-corrected chi connectivity index (χ4v) is 4.30. The molecule has 150 valence electrons. The first-order valence-electron chi connectivity index (χ1n) is 9.69. The maximum absolute atomic E-state index is 13.2. The fraction of sp³-hybridized carbons (Fsp3) is 0.167. The van der Waals surface area contributed by atoms with E-state index >= 15 is 0 Å². The summed E-state index contributed by atoms with van der Waals surface area (Å²) in [6.07, 6.45) is 1.76. The monoisotopic (exact) mass is 416 g/mol. The van der Waals surface area contributed by atoms with Crippen molar-refractivity contribution in [3.8, 4) is 17.6 Å². The molecule has 3 aromatic rings. The first kappa shape index (κ1) is 19.9. The molecule has 1 N–H and O–H groups in total. The Bertz CT molecular complexity index is 1140. The second-order valence-corrected chi connectivity index (χ2v) is 7.86. The van der Waals surface area contributed by atoms with Crippen LogP contribution in [0.3, 0.4) is 0 Å². The summed E-state index contributed by atoms with van der Waals surface area (Å²) in [6, 6.07) is 20.7. The van der Waals surface area contributed by atoms with Crippen LogP contribution < -0.4 is 14.8 Å². The Morgan fingerprint density at radius 1 is 1.07 bits per heavy atom. The first-order valence-corrected chi connectivity index (χ1v) is 10.5. The molecule has 0 saturated heterocycles. The van der Waals surface area contributed by atoms with Gasteiger partial charge in [0.2, 0.25) is 6.79 Å². The molecule has 0 atom stereocenters. The van der Waals surface area contributed by atoms with Crippen molar-refractivity contribution in [1.82, 2.24) is 0 Å². The molecule has 0 fully saturated rings. The molecule has 1 heterocycles. The topological polar surface area (TPSA) is 71.4 Å². The van der Waals surface area contributed by atoms with Crippen LogP contribution in [-0.4, -0.2) is 12.7 Å². The SMILES string of the molecule is CCCc1cc2c(cc1NC(=O)c1ccccc1Sc1ccccc1C#N)OCO2. The Morgan fingerprint density at radius 3 is 2.53 bits per heavy atom. The number of amides is 1. The Balaban J connectivity index is 1.63. The standard InChI is InChI=1S/C24H20N2O3S/c1-2-7-16-12-20-21(29-15-28-20)13-19(16)26-24(27)18-9-4-6-11-23(18)30-22-10-5-3-8-17(22)14-25/h3-6,8-13H,2,7,15H2,1H3,(H,26,27). The van der Waals surface area contributed by atoms with E-state index in [2.05, 4.69) is 18.3 Å². The highest BCUT2D eigenvalue weighted by atomic mass is 32.2. The van der Waals surface area contributed by atoms with Crippen LogP contribution in [0.15, 0.2) is 70.5 Å². The van der Waals surface area contributed by atoms with Crippen molar-refractivity contribution in [2.45, 2.75) is 29.6 Å². The molecule has 1 aliphatic heterocycles. The summed E-state index contributed by atoms with van der Waals surface area (Å²) in [7, 11) is 0. The minimum absolute atomic E-state index is 0.191. The van der Waals surface area contributed by atoms with Gasteiger partial charge in [0.15, 0.2) is 11.5 Å². The van der Waals surface area contributed by atoms with Crippen LogP contribution in [0.5, 0.6) is 11.5 Å². The predicted molar refractivity (Wildman–Crippen MR) is 116 cm³/mol. The number of anilines is 1. The number of carbonyl (C=O) groups excluding carboxylic acids is 1. The van der Waals surface area contributed by atoms with Crippen molar-refractivity contribution in [2.75, 3.05) is 12.1 Å². The molecule has 0 radical (unpaired) electrons. The smallest absolute Gasteiger partial charge is 0.256 e. The predicted octanol–water partition coefficient (Wildman–Crippen LogP) is 5.64. The summed E-state index contributed by atoms with van der Waals surface area (Å²) in [5.41, 5.74) is 2.87. The molecule has 0 unspecified atom stereocenters. The van der Waals surface area contributed by atoms with E-state index in [9.17, 15) is 10.1 Å². The van der Waals surface area contributed by atoms with Gasteiger partial charge < -0.3 is 14.8 Å². The van der Waals surface area contributed by atoms with E-state index in [0.717, 1.165) is 33.9 Å². The quantitative estimate of drug-likeness (QED) is 0.563. The molecule has 4 rings (SSSR count). The zero-order valence-corrected chi connectivity index (χ0v) is 17.3. The van der Waals surface area contributed by atoms with Gasteiger partial charge >= 0.3 is 0 Å². The van der Waals surface area contributed by atoms with Gasteiger partial charge in [0.05, 0.1) is 11.1 Å². The van der Waals surface area contributed by atoms with E-state index in [1.807, 2.05) is 48.5 Å². The summed E-state index contributed by atoms with van der Waals surface area (Å²) < 4.78 is 11.0. The number of fused-ring (bicyclic) bond motifs is 1. The second kappa shape index (κ2) is 8.93. The van der Waals surface area contributed by atoms with Crippen LogP contribution in [0.25, 0.3) is 0 Å². The minimum Gasteiger partial charge on any atom is -0.454 e. The van der Waals surface area contributed by atoms with Crippen molar-refractivity contribution >= 4 is 23.4 Å². The molecule has 0 spiro atoms. The van der Waals surface area contributed by atoms with Crippen LogP contribution in [0.1, 0.15) is 34.8 Å². The Labute approximate surface area is 179 Å². The Morgan fingerprint density at radius 2 is 1.77 bits per heavy atom. The van der Waals surface area contributed by atoms with Crippen LogP contribution in [0.2, 0.25) is 0 Å². The lowest BCUT2D eigenvalue weighted by molar-refractivity contribution is 0.102. The van der Waals surface area contributed by atoms with Crippen molar-refractivity contribution in [1.29, 1.82) is 5.26 Å². The number of ether oxygens (including phenoxy) is 2. The first-order chi connectivity index (χ1) is 14.7. The fourth-order valence-electron chi connectivity index (χ4n) is 3.28. The minimum atomic E-state index is -0.205.